The molecule has 5 nitrogen and oxygen atoms in total. The normalized spacial score (nSPS) is 10.5. The predicted molar refractivity (Wildman–Crippen MR) is 142 cm³/mol. The lowest BCUT2D eigenvalue weighted by Gasteiger charge is -2.30. The van der Waals surface area contributed by atoms with Gasteiger partial charge in [0.2, 0.25) is 0 Å². The Hall–Kier alpha value is -4.25. The van der Waals surface area contributed by atoms with E-state index in [2.05, 4.69) is 74.2 Å². The van der Waals surface area contributed by atoms with Gasteiger partial charge in [0.1, 0.15) is 0 Å². The van der Waals surface area contributed by atoms with Crippen molar-refractivity contribution in [3.63, 3.8) is 0 Å². The quantitative estimate of drug-likeness (QED) is 0.265. The minimum absolute atomic E-state index is 0.141. The fourth-order valence-corrected chi connectivity index (χ4v) is 3.88. The lowest BCUT2D eigenvalue weighted by molar-refractivity contribution is 0.102. The number of nitrogens with one attached hydrogen (secondary N) is 3. The van der Waals surface area contributed by atoms with Gasteiger partial charge in [0.25, 0.3) is 5.91 Å². The van der Waals surface area contributed by atoms with Crippen molar-refractivity contribution in [1.82, 2.24) is 0 Å². The van der Waals surface area contributed by atoms with E-state index in [1.807, 2.05) is 53.6 Å². The molecular weight excluding hydrogens is 420 g/mol. The largest absolute Gasteiger partial charge is 0.322 e. The first-order valence-electron chi connectivity index (χ1n) is 11.3. The Labute approximate surface area is 201 Å². The summed E-state index contributed by atoms with van der Waals surface area (Å²) >= 11 is 0. The fraction of sp³-hybridized carbons (Fsp3) is 0.138. The van der Waals surface area contributed by atoms with Crippen LogP contribution in [0.3, 0.4) is 0 Å². The number of amides is 1. The number of carbonyl (C=O) groups excluding carboxylic acids is 1. The molecule has 0 aliphatic rings. The van der Waals surface area contributed by atoms with Gasteiger partial charge in [-0.15, -0.1) is 0 Å². The van der Waals surface area contributed by atoms with E-state index in [1.165, 1.54) is 22.3 Å². The second-order valence-electron chi connectivity index (χ2n) is 8.56. The highest BCUT2D eigenvalue weighted by atomic mass is 16.1. The molecule has 172 valence electrons. The van der Waals surface area contributed by atoms with Gasteiger partial charge >= 0.3 is 0 Å². The number of hydrogen-bond acceptors (Lipinski definition) is 4. The maximum absolute atomic E-state index is 12.6. The van der Waals surface area contributed by atoms with Crippen LogP contribution in [0.2, 0.25) is 0 Å². The van der Waals surface area contributed by atoms with Gasteiger partial charge in [-0.3, -0.25) is 15.6 Å². The number of anilines is 4. The van der Waals surface area contributed by atoms with Gasteiger partial charge < -0.3 is 5.32 Å². The summed E-state index contributed by atoms with van der Waals surface area (Å²) in [6.07, 6.45) is 0. The maximum Gasteiger partial charge on any atom is 0.255 e. The van der Waals surface area contributed by atoms with Crippen LogP contribution in [0.5, 0.6) is 0 Å². The number of carbonyl (C=O) groups is 1. The number of nitrogens with zero attached hydrogens (tertiary/aromatic N) is 1. The van der Waals surface area contributed by atoms with Crippen LogP contribution in [0.25, 0.3) is 0 Å². The highest BCUT2D eigenvalue weighted by Gasteiger charge is 2.13. The second-order valence-corrected chi connectivity index (χ2v) is 8.56. The van der Waals surface area contributed by atoms with Crippen LogP contribution >= 0.6 is 0 Å². The Morgan fingerprint density at radius 3 is 2.03 bits per heavy atom. The topological polar surface area (TPSA) is 56.4 Å². The first-order chi connectivity index (χ1) is 16.4. The first-order valence-corrected chi connectivity index (χ1v) is 11.3. The Morgan fingerprint density at radius 2 is 1.29 bits per heavy atom. The van der Waals surface area contributed by atoms with E-state index < -0.39 is 0 Å². The summed E-state index contributed by atoms with van der Waals surface area (Å²) in [5, 5.41) is 4.90. The molecule has 0 heterocycles. The van der Waals surface area contributed by atoms with Crippen LogP contribution < -0.4 is 21.3 Å². The van der Waals surface area contributed by atoms with E-state index in [0.717, 1.165) is 17.1 Å². The van der Waals surface area contributed by atoms with Gasteiger partial charge in [0, 0.05) is 11.3 Å². The van der Waals surface area contributed by atoms with Gasteiger partial charge in [-0.2, -0.15) is 5.12 Å². The molecule has 0 bridgehead atoms. The molecule has 1 amide bonds. The van der Waals surface area contributed by atoms with Crippen molar-refractivity contribution < 1.29 is 4.79 Å². The SMILES string of the molecule is Cc1cc(C)cc(NN(Nc2cccc(NC(=O)c3ccccc3)c2)c2cccc(C)c2C)c1. The number of hydrogen-bond donors (Lipinski definition) is 3. The van der Waals surface area contributed by atoms with Crippen LogP contribution in [-0.2, 0) is 0 Å². The Balaban J connectivity index is 1.61. The molecule has 0 aliphatic heterocycles. The van der Waals surface area contributed by atoms with Crippen LogP contribution in [0.1, 0.15) is 32.6 Å². The minimum atomic E-state index is -0.141. The summed E-state index contributed by atoms with van der Waals surface area (Å²) in [5.41, 5.74) is 15.9. The Morgan fingerprint density at radius 1 is 0.647 bits per heavy atom. The van der Waals surface area contributed by atoms with Crippen molar-refractivity contribution in [2.24, 2.45) is 0 Å². The Bertz CT molecular complexity index is 1280. The molecule has 4 rings (SSSR count). The molecule has 0 saturated heterocycles. The van der Waals surface area contributed by atoms with Gasteiger partial charge in [-0.25, -0.2) is 0 Å². The third-order valence-corrected chi connectivity index (χ3v) is 5.68. The number of aryl methyl sites for hydroxylation is 3. The molecule has 5 heteroatoms. The molecule has 3 N–H and O–H groups in total. The molecule has 0 radical (unpaired) electrons. The zero-order valence-corrected chi connectivity index (χ0v) is 20.0. The molecule has 0 fully saturated rings. The van der Waals surface area contributed by atoms with Crippen molar-refractivity contribution in [1.29, 1.82) is 0 Å². The van der Waals surface area contributed by atoms with Crippen LogP contribution in [0.4, 0.5) is 22.7 Å². The number of benzene rings is 4. The molecule has 0 unspecified atom stereocenters. The van der Waals surface area contributed by atoms with E-state index >= 15 is 0 Å². The lowest BCUT2D eigenvalue weighted by atomic mass is 10.1. The average Bonchev–Trinajstić information content (AvgIpc) is 2.81. The zero-order chi connectivity index (χ0) is 24.1. The summed E-state index contributed by atoms with van der Waals surface area (Å²) in [5.74, 6) is -0.141. The molecule has 4 aromatic rings. The van der Waals surface area contributed by atoms with Crippen molar-refractivity contribution >= 4 is 28.7 Å². The van der Waals surface area contributed by atoms with Crippen molar-refractivity contribution in [3.05, 3.63) is 119 Å². The monoisotopic (exact) mass is 450 g/mol. The lowest BCUT2D eigenvalue weighted by Crippen LogP contribution is -2.36. The van der Waals surface area contributed by atoms with Crippen LogP contribution in [-0.4, -0.2) is 5.91 Å². The van der Waals surface area contributed by atoms with Gasteiger partial charge in [-0.05, 0) is 98.5 Å². The summed E-state index contributed by atoms with van der Waals surface area (Å²) in [7, 11) is 0. The highest BCUT2D eigenvalue weighted by Crippen LogP contribution is 2.26. The predicted octanol–water partition coefficient (Wildman–Crippen LogP) is 7.03. The standard InChI is InChI=1S/C29H30N4O/c1-20-16-21(2)18-27(17-20)32-33(28-15-8-10-22(3)23(28)4)31-26-14-9-13-25(19-26)30-29(34)24-11-6-5-7-12-24/h5-19,31-32H,1-4H3,(H,30,34). The van der Waals surface area contributed by atoms with Crippen molar-refractivity contribution in [2.75, 3.05) is 21.3 Å². The number of hydrazine groups is 2. The molecule has 0 spiro atoms. The molecule has 0 atom stereocenters. The molecule has 0 aliphatic carbocycles. The second kappa shape index (κ2) is 10.1. The summed E-state index contributed by atoms with van der Waals surface area (Å²) < 4.78 is 0. The number of rotatable bonds is 7. The van der Waals surface area contributed by atoms with Crippen LogP contribution in [0, 0.1) is 27.7 Å². The zero-order valence-electron chi connectivity index (χ0n) is 20.0. The summed E-state index contributed by atoms with van der Waals surface area (Å²) in [6.45, 7) is 8.39. The van der Waals surface area contributed by atoms with Gasteiger partial charge in [0.05, 0.1) is 17.1 Å². The van der Waals surface area contributed by atoms with Crippen LogP contribution in [0.15, 0.2) is 91.0 Å². The maximum atomic E-state index is 12.6. The smallest absolute Gasteiger partial charge is 0.255 e. The van der Waals surface area contributed by atoms with E-state index in [0.29, 0.717) is 11.3 Å². The van der Waals surface area contributed by atoms with E-state index in [1.54, 1.807) is 12.1 Å². The molecular formula is C29H30N4O. The molecule has 0 aromatic heterocycles. The van der Waals surface area contributed by atoms with Crippen molar-refractivity contribution in [2.45, 2.75) is 27.7 Å². The molecule has 34 heavy (non-hydrogen) atoms. The first kappa shape index (κ1) is 22.9. The minimum Gasteiger partial charge on any atom is -0.322 e. The third-order valence-electron chi connectivity index (χ3n) is 5.68. The summed E-state index contributed by atoms with van der Waals surface area (Å²) in [4.78, 5) is 12.6. The average molecular weight is 451 g/mol. The molecule has 0 saturated carbocycles. The Kier molecular flexibility index (Phi) is 6.83. The van der Waals surface area contributed by atoms with Crippen molar-refractivity contribution in [3.8, 4) is 0 Å². The highest BCUT2D eigenvalue weighted by molar-refractivity contribution is 6.04. The summed E-state index contributed by atoms with van der Waals surface area (Å²) in [6, 6.07) is 29.5. The van der Waals surface area contributed by atoms with Gasteiger partial charge in [0.15, 0.2) is 0 Å². The van der Waals surface area contributed by atoms with E-state index in [9.17, 15) is 4.79 Å². The van der Waals surface area contributed by atoms with Gasteiger partial charge in [-0.1, -0.05) is 42.5 Å². The van der Waals surface area contributed by atoms with E-state index in [-0.39, 0.29) is 5.91 Å². The molecule has 4 aromatic carbocycles. The third kappa shape index (κ3) is 5.56. The van der Waals surface area contributed by atoms with E-state index in [4.69, 9.17) is 0 Å². The fourth-order valence-electron chi connectivity index (χ4n) is 3.88.